The van der Waals surface area contributed by atoms with Gasteiger partial charge in [0.25, 0.3) is 5.91 Å². The zero-order chi connectivity index (χ0) is 22.6. The first-order chi connectivity index (χ1) is 15.2. The van der Waals surface area contributed by atoms with Crippen molar-refractivity contribution in [1.82, 2.24) is 20.0 Å². The van der Waals surface area contributed by atoms with Gasteiger partial charge in [-0.2, -0.15) is 18.3 Å². The number of halogens is 3. The normalized spacial score (nSPS) is 25.1. The summed E-state index contributed by atoms with van der Waals surface area (Å²) in [6, 6.07) is 5.85. The van der Waals surface area contributed by atoms with Crippen molar-refractivity contribution in [3.63, 3.8) is 0 Å². The standard InChI is InChI=1S/C23H25F3N4O2/c1-13(31)29-7-6-20-18(12-29)21(28-27-20)22(32)30-10-15-8-14(9-16(15)11-30)17-4-2-3-5-19(17)23(24,25)26/h2-5,14-16H,6-12H2,1H3,(H,27,28)/t14-,15-,16+. The van der Waals surface area contributed by atoms with Crippen LogP contribution >= 0.6 is 0 Å². The van der Waals surface area contributed by atoms with E-state index in [4.69, 9.17) is 0 Å². The smallest absolute Gasteiger partial charge is 0.338 e. The topological polar surface area (TPSA) is 69.3 Å². The number of fused-ring (bicyclic) bond motifs is 2. The van der Waals surface area contributed by atoms with Gasteiger partial charge < -0.3 is 9.80 Å². The van der Waals surface area contributed by atoms with Crippen molar-refractivity contribution >= 4 is 11.8 Å². The van der Waals surface area contributed by atoms with E-state index in [0.29, 0.717) is 56.7 Å². The summed E-state index contributed by atoms with van der Waals surface area (Å²) in [4.78, 5) is 28.5. The molecule has 1 aromatic carbocycles. The monoisotopic (exact) mass is 446 g/mol. The van der Waals surface area contributed by atoms with E-state index in [0.717, 1.165) is 17.3 Å². The van der Waals surface area contributed by atoms with Crippen molar-refractivity contribution in [3.05, 3.63) is 52.3 Å². The van der Waals surface area contributed by atoms with Crippen LogP contribution in [0.25, 0.3) is 0 Å². The second-order valence-electron chi connectivity index (χ2n) is 9.20. The van der Waals surface area contributed by atoms with Gasteiger partial charge in [0.2, 0.25) is 5.91 Å². The van der Waals surface area contributed by atoms with Gasteiger partial charge in [-0.3, -0.25) is 14.7 Å². The first kappa shape index (κ1) is 21.0. The molecule has 32 heavy (non-hydrogen) atoms. The van der Waals surface area contributed by atoms with Crippen molar-refractivity contribution in [3.8, 4) is 0 Å². The van der Waals surface area contributed by atoms with E-state index in [2.05, 4.69) is 10.2 Å². The van der Waals surface area contributed by atoms with Crippen LogP contribution in [-0.4, -0.2) is 51.4 Å². The molecule has 2 fully saturated rings. The Morgan fingerprint density at radius 1 is 1.09 bits per heavy atom. The Hall–Kier alpha value is -2.84. The summed E-state index contributed by atoms with van der Waals surface area (Å²) in [5.74, 6) is 0.0514. The van der Waals surface area contributed by atoms with Crippen molar-refractivity contribution < 1.29 is 22.8 Å². The van der Waals surface area contributed by atoms with Gasteiger partial charge in [-0.15, -0.1) is 0 Å². The molecule has 3 aliphatic rings. The van der Waals surface area contributed by atoms with Crippen LogP contribution in [0.3, 0.4) is 0 Å². The van der Waals surface area contributed by atoms with Gasteiger partial charge in [0.1, 0.15) is 0 Å². The van der Waals surface area contributed by atoms with Crippen LogP contribution in [-0.2, 0) is 23.9 Å². The number of carbonyl (C=O) groups is 2. The highest BCUT2D eigenvalue weighted by Gasteiger charge is 2.45. The highest BCUT2D eigenvalue weighted by molar-refractivity contribution is 5.94. The molecule has 3 heterocycles. The summed E-state index contributed by atoms with van der Waals surface area (Å²) in [7, 11) is 0. The minimum atomic E-state index is -4.36. The molecule has 3 atom stereocenters. The fraction of sp³-hybridized carbons (Fsp3) is 0.522. The molecule has 9 heteroatoms. The van der Waals surface area contributed by atoms with Gasteiger partial charge in [0, 0.05) is 50.8 Å². The van der Waals surface area contributed by atoms with Crippen LogP contribution in [0.4, 0.5) is 13.2 Å². The average molecular weight is 446 g/mol. The van der Waals surface area contributed by atoms with E-state index in [-0.39, 0.29) is 29.6 Å². The van der Waals surface area contributed by atoms with E-state index in [1.165, 1.54) is 13.0 Å². The molecule has 0 bridgehead atoms. The fourth-order valence-corrected chi connectivity index (χ4v) is 5.72. The summed E-state index contributed by atoms with van der Waals surface area (Å²) in [5.41, 5.74) is 1.87. The van der Waals surface area contributed by atoms with E-state index >= 15 is 0 Å². The molecule has 6 nitrogen and oxygen atoms in total. The number of hydrogen-bond acceptors (Lipinski definition) is 3. The van der Waals surface area contributed by atoms with Gasteiger partial charge in [-0.1, -0.05) is 18.2 Å². The van der Waals surface area contributed by atoms with Crippen LogP contribution in [0.1, 0.15) is 58.6 Å². The quantitative estimate of drug-likeness (QED) is 0.767. The minimum Gasteiger partial charge on any atom is -0.338 e. The van der Waals surface area contributed by atoms with E-state index in [9.17, 15) is 22.8 Å². The molecule has 0 radical (unpaired) electrons. The van der Waals surface area contributed by atoms with E-state index in [1.807, 2.05) is 0 Å². The summed E-state index contributed by atoms with van der Waals surface area (Å²) < 4.78 is 40.3. The predicted molar refractivity (Wildman–Crippen MR) is 110 cm³/mol. The first-order valence-corrected chi connectivity index (χ1v) is 11.0. The molecule has 170 valence electrons. The molecule has 2 amide bonds. The molecular formula is C23H25F3N4O2. The Balaban J connectivity index is 1.29. The van der Waals surface area contributed by atoms with Crippen molar-refractivity contribution in [2.45, 2.75) is 44.8 Å². The van der Waals surface area contributed by atoms with Crippen molar-refractivity contribution in [2.24, 2.45) is 11.8 Å². The summed E-state index contributed by atoms with van der Waals surface area (Å²) in [5, 5.41) is 7.20. The first-order valence-electron chi connectivity index (χ1n) is 11.0. The Kier molecular flexibility index (Phi) is 5.02. The number of likely N-dealkylation sites (tertiary alicyclic amines) is 1. The number of benzene rings is 1. The molecule has 5 rings (SSSR count). The number of nitrogens with one attached hydrogen (secondary N) is 1. The van der Waals surface area contributed by atoms with Crippen LogP contribution in [0.2, 0.25) is 0 Å². The number of nitrogens with zero attached hydrogens (tertiary/aromatic N) is 3. The number of alkyl halides is 3. The molecule has 1 N–H and O–H groups in total. The number of rotatable bonds is 2. The maximum Gasteiger partial charge on any atom is 0.416 e. The number of aromatic amines is 1. The van der Waals surface area contributed by atoms with E-state index < -0.39 is 11.7 Å². The largest absolute Gasteiger partial charge is 0.416 e. The predicted octanol–water partition coefficient (Wildman–Crippen LogP) is 3.60. The molecular weight excluding hydrogens is 421 g/mol. The highest BCUT2D eigenvalue weighted by Crippen LogP contribution is 2.49. The molecule has 2 aromatic rings. The van der Waals surface area contributed by atoms with Crippen LogP contribution in [0.5, 0.6) is 0 Å². The molecule has 0 unspecified atom stereocenters. The fourth-order valence-electron chi connectivity index (χ4n) is 5.72. The number of aromatic nitrogens is 2. The lowest BCUT2D eigenvalue weighted by Gasteiger charge is -2.26. The lowest BCUT2D eigenvalue weighted by Crippen LogP contribution is -2.36. The Labute approximate surface area is 183 Å². The molecule has 1 aromatic heterocycles. The maximum atomic E-state index is 13.4. The Morgan fingerprint density at radius 2 is 1.78 bits per heavy atom. The third-order valence-electron chi connectivity index (χ3n) is 7.33. The van der Waals surface area contributed by atoms with Gasteiger partial charge >= 0.3 is 6.18 Å². The summed E-state index contributed by atoms with van der Waals surface area (Å²) in [6.07, 6.45) is -2.42. The van der Waals surface area contributed by atoms with Gasteiger partial charge in [-0.05, 0) is 42.2 Å². The SMILES string of the molecule is CC(=O)N1CCc2[nH]nc(C(=O)N3C[C@H]4C[C@@H](c5ccccc5C(F)(F)F)C[C@H]4C3)c2C1. The molecule has 1 saturated carbocycles. The van der Waals surface area contributed by atoms with Crippen LogP contribution in [0, 0.1) is 11.8 Å². The maximum absolute atomic E-state index is 13.4. The van der Waals surface area contributed by atoms with Crippen LogP contribution in [0.15, 0.2) is 24.3 Å². The third kappa shape index (κ3) is 3.57. The van der Waals surface area contributed by atoms with Crippen LogP contribution < -0.4 is 0 Å². The second kappa shape index (κ2) is 7.64. The molecule has 1 saturated heterocycles. The van der Waals surface area contributed by atoms with Crippen molar-refractivity contribution in [1.29, 1.82) is 0 Å². The third-order valence-corrected chi connectivity index (χ3v) is 7.33. The molecule has 0 spiro atoms. The Morgan fingerprint density at radius 3 is 2.44 bits per heavy atom. The summed E-state index contributed by atoms with van der Waals surface area (Å²) >= 11 is 0. The number of carbonyl (C=O) groups excluding carboxylic acids is 2. The number of hydrogen-bond donors (Lipinski definition) is 1. The second-order valence-corrected chi connectivity index (χ2v) is 9.20. The highest BCUT2D eigenvalue weighted by atomic mass is 19.4. The molecule has 1 aliphatic carbocycles. The number of amides is 2. The zero-order valence-electron chi connectivity index (χ0n) is 17.8. The average Bonchev–Trinajstić information content (AvgIpc) is 3.45. The minimum absolute atomic E-state index is 0.0314. The van der Waals surface area contributed by atoms with Crippen molar-refractivity contribution in [2.75, 3.05) is 19.6 Å². The van der Waals surface area contributed by atoms with Gasteiger partial charge in [-0.25, -0.2) is 0 Å². The lowest BCUT2D eigenvalue weighted by molar-refractivity contribution is -0.138. The van der Waals surface area contributed by atoms with E-state index in [1.54, 1.807) is 21.9 Å². The van der Waals surface area contributed by atoms with Gasteiger partial charge in [0.15, 0.2) is 5.69 Å². The summed E-state index contributed by atoms with van der Waals surface area (Å²) in [6.45, 7) is 3.56. The molecule has 2 aliphatic heterocycles. The lowest BCUT2D eigenvalue weighted by atomic mass is 9.91. The zero-order valence-corrected chi connectivity index (χ0v) is 17.8. The Bertz CT molecular complexity index is 1050. The number of H-pyrrole nitrogens is 1. The van der Waals surface area contributed by atoms with Gasteiger partial charge in [0.05, 0.1) is 5.56 Å².